The maximum absolute atomic E-state index is 12.5. The van der Waals surface area contributed by atoms with E-state index in [1.807, 2.05) is 30.3 Å². The summed E-state index contributed by atoms with van der Waals surface area (Å²) in [6.45, 7) is 0. The van der Waals surface area contributed by atoms with Crippen molar-refractivity contribution in [3.05, 3.63) is 64.5 Å². The summed E-state index contributed by atoms with van der Waals surface area (Å²) in [5.41, 5.74) is 0.932. The molecule has 0 bridgehead atoms. The molecule has 9 nitrogen and oxygen atoms in total. The van der Waals surface area contributed by atoms with Crippen molar-refractivity contribution >= 4 is 35.6 Å². The van der Waals surface area contributed by atoms with Gasteiger partial charge in [0, 0.05) is 0 Å². The van der Waals surface area contributed by atoms with Crippen LogP contribution in [0.1, 0.15) is 42.5 Å². The number of hydrogen-bond acceptors (Lipinski definition) is 8. The highest BCUT2D eigenvalue weighted by Crippen LogP contribution is 2.26. The number of fused-ring (bicyclic) bond motifs is 1. The minimum absolute atomic E-state index is 0.132. The first kappa shape index (κ1) is 21.6. The highest BCUT2D eigenvalue weighted by atomic mass is 16.5. The molecule has 0 saturated heterocycles. The van der Waals surface area contributed by atoms with Gasteiger partial charge in [-0.3, -0.25) is 0 Å². The minimum Gasteiger partial charge on any atom is -0.497 e. The summed E-state index contributed by atoms with van der Waals surface area (Å²) in [5, 5.41) is 4.40. The molecule has 0 aliphatic rings. The van der Waals surface area contributed by atoms with Crippen LogP contribution in [0.3, 0.4) is 0 Å². The second kappa shape index (κ2) is 9.12. The summed E-state index contributed by atoms with van der Waals surface area (Å²) in [6, 6.07) is 10.6. The van der Waals surface area contributed by atoms with Gasteiger partial charge in [0.1, 0.15) is 16.9 Å². The van der Waals surface area contributed by atoms with E-state index in [-0.39, 0.29) is 22.3 Å². The molecule has 3 rings (SSSR count). The van der Waals surface area contributed by atoms with Crippen LogP contribution in [0, 0.1) is 0 Å². The second-order valence-corrected chi connectivity index (χ2v) is 6.24. The van der Waals surface area contributed by atoms with Crippen molar-refractivity contribution in [3.63, 3.8) is 0 Å². The molecular formula is C22H20N2O7. The van der Waals surface area contributed by atoms with E-state index in [1.165, 1.54) is 11.6 Å². The zero-order valence-electron chi connectivity index (χ0n) is 17.4. The van der Waals surface area contributed by atoms with Crippen LogP contribution < -0.4 is 4.74 Å². The first-order valence-corrected chi connectivity index (χ1v) is 9.08. The normalized spacial score (nSPS) is 10.8. The van der Waals surface area contributed by atoms with Crippen LogP contribution in [0.5, 0.6) is 5.75 Å². The van der Waals surface area contributed by atoms with E-state index in [4.69, 9.17) is 18.9 Å². The first-order valence-electron chi connectivity index (χ1n) is 9.08. The molecule has 0 atom stereocenters. The van der Waals surface area contributed by atoms with Gasteiger partial charge in [0.2, 0.25) is 0 Å². The topological polar surface area (TPSA) is 105 Å². The fraction of sp³-hybridized carbons (Fsp3) is 0.182. The Balaban J connectivity index is 2.18. The van der Waals surface area contributed by atoms with Gasteiger partial charge in [0.25, 0.3) is 0 Å². The van der Waals surface area contributed by atoms with Crippen LogP contribution in [-0.2, 0) is 14.2 Å². The van der Waals surface area contributed by atoms with Crippen molar-refractivity contribution < 1.29 is 33.3 Å². The molecule has 0 amide bonds. The van der Waals surface area contributed by atoms with Gasteiger partial charge in [-0.1, -0.05) is 18.2 Å². The number of carbonyl (C=O) groups excluding carboxylic acids is 3. The van der Waals surface area contributed by atoms with Crippen LogP contribution in [0.4, 0.5) is 0 Å². The fourth-order valence-corrected chi connectivity index (χ4v) is 3.03. The molecule has 0 saturated carbocycles. The quantitative estimate of drug-likeness (QED) is 0.439. The van der Waals surface area contributed by atoms with Gasteiger partial charge in [0.05, 0.1) is 39.6 Å². The number of ether oxygens (including phenoxy) is 4. The smallest absolute Gasteiger partial charge is 0.357 e. The average molecular weight is 424 g/mol. The standard InChI is InChI=1S/C22H20N2O7/c1-28-15-10-6-13(7-11-15)5-8-14-9-12-16-17(20(25)29-2)18(21(26)30-3)19(22(27)31-4)24(16)23-14/h5-12H,1-4H3/b8-5+. The van der Waals surface area contributed by atoms with E-state index in [0.717, 1.165) is 25.5 Å². The van der Waals surface area contributed by atoms with Crippen LogP contribution >= 0.6 is 0 Å². The second-order valence-electron chi connectivity index (χ2n) is 6.24. The largest absolute Gasteiger partial charge is 0.497 e. The third-order valence-electron chi connectivity index (χ3n) is 4.53. The number of rotatable bonds is 6. The lowest BCUT2D eigenvalue weighted by molar-refractivity contribution is 0.0536. The zero-order chi connectivity index (χ0) is 22.5. The summed E-state index contributed by atoms with van der Waals surface area (Å²) < 4.78 is 20.7. The van der Waals surface area contributed by atoms with Crippen molar-refractivity contribution in [2.24, 2.45) is 0 Å². The number of benzene rings is 1. The molecule has 2 heterocycles. The number of carbonyl (C=O) groups is 3. The van der Waals surface area contributed by atoms with Gasteiger partial charge in [-0.05, 0) is 35.9 Å². The molecule has 2 aromatic heterocycles. The number of aromatic nitrogens is 2. The van der Waals surface area contributed by atoms with Gasteiger partial charge in [-0.2, -0.15) is 5.10 Å². The Morgan fingerprint density at radius 1 is 0.774 bits per heavy atom. The minimum atomic E-state index is -0.887. The molecule has 31 heavy (non-hydrogen) atoms. The Morgan fingerprint density at radius 2 is 1.39 bits per heavy atom. The maximum atomic E-state index is 12.5. The Kier molecular flexibility index (Phi) is 6.35. The SMILES string of the molecule is COC(=O)c1c(C(=O)OC)c2ccc(/C=C/c3ccc(OC)cc3)nn2c1C(=O)OC. The van der Waals surface area contributed by atoms with Crippen molar-refractivity contribution in [2.75, 3.05) is 28.4 Å². The monoisotopic (exact) mass is 424 g/mol. The summed E-state index contributed by atoms with van der Waals surface area (Å²) in [6.07, 6.45) is 3.54. The van der Waals surface area contributed by atoms with Crippen molar-refractivity contribution in [2.45, 2.75) is 0 Å². The summed E-state index contributed by atoms with van der Waals surface area (Å²) in [5.74, 6) is -1.82. The van der Waals surface area contributed by atoms with E-state index in [1.54, 1.807) is 25.3 Å². The van der Waals surface area contributed by atoms with E-state index in [2.05, 4.69) is 5.10 Å². The number of nitrogens with zero attached hydrogens (tertiary/aromatic N) is 2. The maximum Gasteiger partial charge on any atom is 0.357 e. The Labute approximate surface area is 177 Å². The predicted molar refractivity (Wildman–Crippen MR) is 111 cm³/mol. The zero-order valence-corrected chi connectivity index (χ0v) is 17.4. The third kappa shape index (κ3) is 4.11. The van der Waals surface area contributed by atoms with Crippen molar-refractivity contribution in [3.8, 4) is 5.75 Å². The highest BCUT2D eigenvalue weighted by Gasteiger charge is 2.34. The molecule has 0 aliphatic carbocycles. The van der Waals surface area contributed by atoms with Crippen molar-refractivity contribution in [1.82, 2.24) is 9.61 Å². The summed E-state index contributed by atoms with van der Waals surface area (Å²) >= 11 is 0. The van der Waals surface area contributed by atoms with Gasteiger partial charge in [0.15, 0.2) is 5.69 Å². The van der Waals surface area contributed by atoms with E-state index in [9.17, 15) is 14.4 Å². The molecule has 0 aliphatic heterocycles. The molecule has 160 valence electrons. The molecule has 1 aromatic carbocycles. The molecule has 9 heteroatoms. The summed E-state index contributed by atoms with van der Waals surface area (Å²) in [7, 11) is 5.06. The predicted octanol–water partition coefficient (Wildman–Crippen LogP) is 2.87. The van der Waals surface area contributed by atoms with Gasteiger partial charge in [-0.25, -0.2) is 18.9 Å². The Morgan fingerprint density at radius 3 is 1.97 bits per heavy atom. The number of methoxy groups -OCH3 is 4. The van der Waals surface area contributed by atoms with Gasteiger partial charge < -0.3 is 18.9 Å². The molecule has 0 N–H and O–H groups in total. The van der Waals surface area contributed by atoms with Gasteiger partial charge >= 0.3 is 17.9 Å². The van der Waals surface area contributed by atoms with Crippen LogP contribution in [0.2, 0.25) is 0 Å². The lowest BCUT2D eigenvalue weighted by Crippen LogP contribution is -2.16. The third-order valence-corrected chi connectivity index (χ3v) is 4.53. The van der Waals surface area contributed by atoms with Gasteiger partial charge in [-0.15, -0.1) is 0 Å². The van der Waals surface area contributed by atoms with E-state index >= 15 is 0 Å². The number of esters is 3. The lowest BCUT2D eigenvalue weighted by atomic mass is 10.1. The number of hydrogen-bond donors (Lipinski definition) is 0. The van der Waals surface area contributed by atoms with Crippen LogP contribution in [0.15, 0.2) is 36.4 Å². The molecule has 0 radical (unpaired) electrons. The molecular weight excluding hydrogens is 404 g/mol. The van der Waals surface area contributed by atoms with Crippen molar-refractivity contribution in [1.29, 1.82) is 0 Å². The van der Waals surface area contributed by atoms with Crippen LogP contribution in [-0.4, -0.2) is 56.0 Å². The molecule has 0 unspecified atom stereocenters. The van der Waals surface area contributed by atoms with E-state index < -0.39 is 17.9 Å². The Bertz CT molecular complexity index is 1180. The highest BCUT2D eigenvalue weighted by molar-refractivity contribution is 6.14. The average Bonchev–Trinajstić information content (AvgIpc) is 3.15. The molecule has 0 spiro atoms. The van der Waals surface area contributed by atoms with Crippen LogP contribution in [0.25, 0.3) is 17.7 Å². The Hall–Kier alpha value is -4.14. The summed E-state index contributed by atoms with van der Waals surface area (Å²) in [4.78, 5) is 37.3. The fourth-order valence-electron chi connectivity index (χ4n) is 3.03. The molecule has 0 fully saturated rings. The first-order chi connectivity index (χ1) is 14.9. The lowest BCUT2D eigenvalue weighted by Gasteiger charge is -2.04. The van der Waals surface area contributed by atoms with E-state index in [0.29, 0.717) is 5.69 Å². The molecule has 3 aromatic rings.